The van der Waals surface area contributed by atoms with Gasteiger partial charge in [0.05, 0.1) is 11.7 Å². The summed E-state index contributed by atoms with van der Waals surface area (Å²) in [5.74, 6) is 0.592. The third-order valence-corrected chi connectivity index (χ3v) is 2.96. The quantitative estimate of drug-likeness (QED) is 0.895. The SMILES string of the molecule is CCn1cc(C)nc1NC(C)c1ccccc1F. The highest BCUT2D eigenvalue weighted by molar-refractivity contribution is 5.34. The molecule has 1 atom stereocenters. The monoisotopic (exact) mass is 247 g/mol. The minimum absolute atomic E-state index is 0.113. The molecule has 96 valence electrons. The van der Waals surface area contributed by atoms with Gasteiger partial charge in [-0.1, -0.05) is 18.2 Å². The van der Waals surface area contributed by atoms with Gasteiger partial charge in [0.2, 0.25) is 5.95 Å². The number of halogens is 1. The van der Waals surface area contributed by atoms with Crippen LogP contribution >= 0.6 is 0 Å². The van der Waals surface area contributed by atoms with E-state index in [0.717, 1.165) is 18.2 Å². The van der Waals surface area contributed by atoms with Crippen molar-refractivity contribution in [2.75, 3.05) is 5.32 Å². The Labute approximate surface area is 107 Å². The van der Waals surface area contributed by atoms with Gasteiger partial charge in [0.15, 0.2) is 0 Å². The maximum atomic E-state index is 13.7. The zero-order chi connectivity index (χ0) is 13.1. The van der Waals surface area contributed by atoms with Crippen LogP contribution in [-0.2, 0) is 6.54 Å². The standard InChI is InChI=1S/C14H18FN3/c1-4-18-9-10(2)16-14(18)17-11(3)12-7-5-6-8-13(12)15/h5-9,11H,4H2,1-3H3,(H,16,17). The Morgan fingerprint density at radius 3 is 2.78 bits per heavy atom. The Morgan fingerprint density at radius 2 is 2.11 bits per heavy atom. The van der Waals surface area contributed by atoms with Gasteiger partial charge in [-0.3, -0.25) is 0 Å². The first-order valence-electron chi connectivity index (χ1n) is 6.16. The molecule has 1 heterocycles. The average molecular weight is 247 g/mol. The van der Waals surface area contributed by atoms with Gasteiger partial charge in [-0.2, -0.15) is 0 Å². The van der Waals surface area contributed by atoms with Crippen molar-refractivity contribution < 1.29 is 4.39 Å². The second-order valence-corrected chi connectivity index (χ2v) is 4.38. The first-order chi connectivity index (χ1) is 8.61. The topological polar surface area (TPSA) is 29.9 Å². The van der Waals surface area contributed by atoms with Crippen molar-refractivity contribution in [3.63, 3.8) is 0 Å². The van der Waals surface area contributed by atoms with E-state index in [-0.39, 0.29) is 11.9 Å². The minimum atomic E-state index is -0.191. The van der Waals surface area contributed by atoms with Gasteiger partial charge in [0.1, 0.15) is 5.82 Å². The molecule has 1 unspecified atom stereocenters. The number of nitrogens with zero attached hydrogens (tertiary/aromatic N) is 2. The Hall–Kier alpha value is -1.84. The first-order valence-corrected chi connectivity index (χ1v) is 6.16. The van der Waals surface area contributed by atoms with Gasteiger partial charge < -0.3 is 9.88 Å². The normalized spacial score (nSPS) is 12.4. The summed E-state index contributed by atoms with van der Waals surface area (Å²) in [5, 5.41) is 3.25. The van der Waals surface area contributed by atoms with E-state index in [1.54, 1.807) is 12.1 Å². The number of aryl methyl sites for hydroxylation is 2. The van der Waals surface area contributed by atoms with Crippen LogP contribution in [0.4, 0.5) is 10.3 Å². The molecule has 0 radical (unpaired) electrons. The summed E-state index contributed by atoms with van der Waals surface area (Å²) in [6.07, 6.45) is 1.98. The van der Waals surface area contributed by atoms with Crippen molar-refractivity contribution in [1.82, 2.24) is 9.55 Å². The van der Waals surface area contributed by atoms with Gasteiger partial charge in [-0.05, 0) is 26.8 Å². The van der Waals surface area contributed by atoms with Crippen molar-refractivity contribution in [1.29, 1.82) is 0 Å². The molecule has 0 aliphatic carbocycles. The van der Waals surface area contributed by atoms with E-state index in [0.29, 0.717) is 5.56 Å². The Kier molecular flexibility index (Phi) is 3.65. The summed E-state index contributed by atoms with van der Waals surface area (Å²) in [6.45, 7) is 6.78. The fourth-order valence-corrected chi connectivity index (χ4v) is 2.00. The third kappa shape index (κ3) is 2.53. The van der Waals surface area contributed by atoms with Crippen LogP contribution < -0.4 is 5.32 Å². The lowest BCUT2D eigenvalue weighted by Gasteiger charge is -2.16. The number of anilines is 1. The minimum Gasteiger partial charge on any atom is -0.349 e. The van der Waals surface area contributed by atoms with Crippen molar-refractivity contribution >= 4 is 5.95 Å². The molecule has 0 bridgehead atoms. The van der Waals surface area contributed by atoms with Gasteiger partial charge >= 0.3 is 0 Å². The number of rotatable bonds is 4. The smallest absolute Gasteiger partial charge is 0.203 e. The van der Waals surface area contributed by atoms with Crippen LogP contribution in [0.3, 0.4) is 0 Å². The maximum absolute atomic E-state index is 13.7. The van der Waals surface area contributed by atoms with Crippen LogP contribution in [0, 0.1) is 12.7 Å². The lowest BCUT2D eigenvalue weighted by atomic mass is 10.1. The molecule has 18 heavy (non-hydrogen) atoms. The van der Waals surface area contributed by atoms with Crippen molar-refractivity contribution in [2.45, 2.75) is 33.4 Å². The summed E-state index contributed by atoms with van der Waals surface area (Å²) >= 11 is 0. The Morgan fingerprint density at radius 1 is 1.39 bits per heavy atom. The Balaban J connectivity index is 2.21. The van der Waals surface area contributed by atoms with Crippen LogP contribution in [0.15, 0.2) is 30.5 Å². The van der Waals surface area contributed by atoms with E-state index in [1.165, 1.54) is 6.07 Å². The van der Waals surface area contributed by atoms with Gasteiger partial charge in [0.25, 0.3) is 0 Å². The molecule has 1 aromatic heterocycles. The largest absolute Gasteiger partial charge is 0.349 e. The number of hydrogen-bond acceptors (Lipinski definition) is 2. The van der Waals surface area contributed by atoms with Crippen LogP contribution in [0.1, 0.15) is 31.1 Å². The molecule has 0 fully saturated rings. The lowest BCUT2D eigenvalue weighted by molar-refractivity contribution is 0.598. The number of imidazole rings is 1. The molecule has 1 N–H and O–H groups in total. The molecule has 4 heteroatoms. The molecule has 0 aliphatic heterocycles. The second kappa shape index (κ2) is 5.21. The van der Waals surface area contributed by atoms with Crippen molar-refractivity contribution in [3.05, 3.63) is 47.5 Å². The molecule has 0 saturated heterocycles. The van der Waals surface area contributed by atoms with Crippen molar-refractivity contribution in [3.8, 4) is 0 Å². The van der Waals surface area contributed by atoms with Crippen LogP contribution in [0.2, 0.25) is 0 Å². The molecule has 0 aliphatic rings. The molecule has 0 spiro atoms. The molecular formula is C14H18FN3. The zero-order valence-corrected chi connectivity index (χ0v) is 10.9. The highest BCUT2D eigenvalue weighted by Crippen LogP contribution is 2.21. The van der Waals surface area contributed by atoms with Gasteiger partial charge in [0, 0.05) is 18.3 Å². The van der Waals surface area contributed by atoms with E-state index in [9.17, 15) is 4.39 Å². The molecular weight excluding hydrogens is 229 g/mol. The summed E-state index contributed by atoms with van der Waals surface area (Å²) in [7, 11) is 0. The summed E-state index contributed by atoms with van der Waals surface area (Å²) in [6, 6.07) is 6.69. The Bertz CT molecular complexity index is 534. The number of aromatic nitrogens is 2. The number of hydrogen-bond donors (Lipinski definition) is 1. The molecule has 2 aromatic rings. The highest BCUT2D eigenvalue weighted by atomic mass is 19.1. The molecule has 2 rings (SSSR count). The van der Waals surface area contributed by atoms with Crippen LogP contribution in [0.5, 0.6) is 0 Å². The van der Waals surface area contributed by atoms with E-state index >= 15 is 0 Å². The van der Waals surface area contributed by atoms with Crippen LogP contribution in [0.25, 0.3) is 0 Å². The summed E-state index contributed by atoms with van der Waals surface area (Å²) < 4.78 is 15.7. The number of benzene rings is 1. The summed E-state index contributed by atoms with van der Waals surface area (Å²) in [5.41, 5.74) is 1.61. The van der Waals surface area contributed by atoms with Gasteiger partial charge in [-0.15, -0.1) is 0 Å². The van der Waals surface area contributed by atoms with E-state index < -0.39 is 0 Å². The summed E-state index contributed by atoms with van der Waals surface area (Å²) in [4.78, 5) is 4.41. The van der Waals surface area contributed by atoms with E-state index in [4.69, 9.17) is 0 Å². The third-order valence-electron chi connectivity index (χ3n) is 2.96. The maximum Gasteiger partial charge on any atom is 0.203 e. The fraction of sp³-hybridized carbons (Fsp3) is 0.357. The van der Waals surface area contributed by atoms with Crippen LogP contribution in [-0.4, -0.2) is 9.55 Å². The molecule has 1 aromatic carbocycles. The highest BCUT2D eigenvalue weighted by Gasteiger charge is 2.12. The predicted octanol–water partition coefficient (Wildman–Crippen LogP) is 3.52. The van der Waals surface area contributed by atoms with Gasteiger partial charge in [-0.25, -0.2) is 9.37 Å². The average Bonchev–Trinajstić information content (AvgIpc) is 2.70. The molecule has 0 saturated carbocycles. The second-order valence-electron chi connectivity index (χ2n) is 4.38. The lowest BCUT2D eigenvalue weighted by Crippen LogP contribution is -2.12. The van der Waals surface area contributed by atoms with Crippen molar-refractivity contribution in [2.24, 2.45) is 0 Å². The fourth-order valence-electron chi connectivity index (χ4n) is 2.00. The predicted molar refractivity (Wildman–Crippen MR) is 71.1 cm³/mol. The molecule has 0 amide bonds. The van der Waals surface area contributed by atoms with E-state index in [2.05, 4.69) is 17.2 Å². The number of nitrogens with one attached hydrogen (secondary N) is 1. The molecule has 3 nitrogen and oxygen atoms in total. The van der Waals surface area contributed by atoms with E-state index in [1.807, 2.05) is 30.7 Å². The first kappa shape index (κ1) is 12.6. The zero-order valence-electron chi connectivity index (χ0n) is 10.9.